The molecule has 0 aliphatic carbocycles. The molecule has 0 spiro atoms. The maximum absolute atomic E-state index is 12.8. The lowest BCUT2D eigenvalue weighted by atomic mass is 9.28. The Balaban J connectivity index is 1.83. The molecule has 3 rings (SSSR count). The number of pyridine rings is 1. The maximum Gasteiger partial charge on any atom is 0.416 e. The third-order valence-electron chi connectivity index (χ3n) is 5.81. The maximum atomic E-state index is 12.8. The lowest BCUT2D eigenvalue weighted by molar-refractivity contribution is -0.137. The van der Waals surface area contributed by atoms with Gasteiger partial charge in [-0.2, -0.15) is 13.2 Å². The Morgan fingerprint density at radius 3 is 2.21 bits per heavy atom. The summed E-state index contributed by atoms with van der Waals surface area (Å²) in [4.78, 5) is 19.5. The lowest BCUT2D eigenvalue weighted by Crippen LogP contribution is -2.67. The van der Waals surface area contributed by atoms with Gasteiger partial charge in [0.05, 0.1) is 46.8 Å². The highest BCUT2D eigenvalue weighted by molar-refractivity contribution is 6.63. The summed E-state index contributed by atoms with van der Waals surface area (Å²) in [6.45, 7) is -0.583. The van der Waals surface area contributed by atoms with Gasteiger partial charge in [0, 0.05) is 29.0 Å². The summed E-state index contributed by atoms with van der Waals surface area (Å²) in [6, 6.07) is 5.70. The van der Waals surface area contributed by atoms with Crippen LogP contribution in [-0.4, -0.2) is 88.2 Å². The van der Waals surface area contributed by atoms with Crippen LogP contribution in [0.4, 0.5) is 19.0 Å². The van der Waals surface area contributed by atoms with Crippen LogP contribution >= 0.6 is 11.6 Å². The van der Waals surface area contributed by atoms with E-state index in [-0.39, 0.29) is 27.7 Å². The van der Waals surface area contributed by atoms with Crippen molar-refractivity contribution in [3.63, 3.8) is 0 Å². The molecule has 0 fully saturated rings. The summed E-state index contributed by atoms with van der Waals surface area (Å²) in [7, 11) is 27.9. The number of alkyl halides is 3. The molecule has 17 heteroatoms. The molecule has 10 radical (unpaired) electrons. The molecule has 0 saturated heterocycles. The summed E-state index contributed by atoms with van der Waals surface area (Å²) < 4.78 is 38.5. The highest BCUT2D eigenvalue weighted by Crippen LogP contribution is 2.37. The van der Waals surface area contributed by atoms with Crippen molar-refractivity contribution in [2.24, 2.45) is 0 Å². The molecule has 0 bridgehead atoms. The Morgan fingerprint density at radius 1 is 1.08 bits per heavy atom. The number of benzene rings is 1. The molecule has 8 nitrogen and oxygen atoms in total. The lowest BCUT2D eigenvalue weighted by Gasteiger charge is -2.52. The topological polar surface area (TPSA) is 130 Å². The van der Waals surface area contributed by atoms with E-state index in [0.717, 1.165) is 24.3 Å². The number of aliphatic hydroxyl groups is 3. The molecule has 3 aromatic rings. The van der Waals surface area contributed by atoms with E-state index in [1.807, 2.05) is 0 Å². The number of aliphatic hydroxyl groups excluding tert-OH is 1. The molecular formula is C22H17B5ClF3N4O4. The first-order chi connectivity index (χ1) is 17.9. The average molecular weight is 548 g/mol. The number of carbonyl (C=O) groups is 1. The van der Waals surface area contributed by atoms with Crippen LogP contribution in [-0.2, 0) is 6.18 Å². The number of hydrogen-bond donors (Lipinski definition) is 6. The summed E-state index contributed by atoms with van der Waals surface area (Å²) in [5.74, 6) is -0.812. The van der Waals surface area contributed by atoms with Gasteiger partial charge in [0.1, 0.15) is 25.0 Å². The number of amides is 1. The first kappa shape index (κ1) is 30.7. The predicted octanol–water partition coefficient (Wildman–Crippen LogP) is 0.875. The van der Waals surface area contributed by atoms with E-state index in [9.17, 15) is 33.3 Å². The van der Waals surface area contributed by atoms with Gasteiger partial charge in [-0.3, -0.25) is 4.79 Å². The normalized spacial score (nSPS) is 14.8. The van der Waals surface area contributed by atoms with Crippen molar-refractivity contribution in [2.75, 3.05) is 11.9 Å². The van der Waals surface area contributed by atoms with Crippen molar-refractivity contribution in [2.45, 2.75) is 28.5 Å². The van der Waals surface area contributed by atoms with Gasteiger partial charge in [-0.15, -0.1) is 5.11 Å². The largest absolute Gasteiger partial charge is 0.416 e. The first-order valence-electron chi connectivity index (χ1n) is 11.0. The fraction of sp³-hybridized carbons (Fsp3) is 0.273. The van der Waals surface area contributed by atoms with Crippen LogP contribution in [0, 0.1) is 0 Å². The van der Waals surface area contributed by atoms with Crippen LogP contribution in [0.3, 0.4) is 0 Å². The fourth-order valence-corrected chi connectivity index (χ4v) is 3.72. The van der Waals surface area contributed by atoms with Crippen LogP contribution in [0.2, 0.25) is 10.1 Å². The first-order valence-corrected chi connectivity index (χ1v) is 11.4. The van der Waals surface area contributed by atoms with Crippen molar-refractivity contribution in [3.05, 3.63) is 70.6 Å². The molecule has 1 aromatic carbocycles. The van der Waals surface area contributed by atoms with Gasteiger partial charge in [-0.1, -0.05) is 23.7 Å². The number of nitrogens with zero attached hydrogens (tertiary/aromatic N) is 1. The highest BCUT2D eigenvalue weighted by Gasteiger charge is 2.48. The molecule has 0 saturated carbocycles. The SMILES string of the molecule is [B]C([B])([B])C([B])(Nc1cc(-c2c[nH]c(C(=O)N[C@H](CO)c3ccc(C(F)(F)F)cc3)c2)c(Cl)cn1)C([B])(O)O. The Morgan fingerprint density at radius 2 is 1.69 bits per heavy atom. The number of aromatic amines is 1. The molecule has 2 atom stereocenters. The van der Waals surface area contributed by atoms with Crippen molar-refractivity contribution in [3.8, 4) is 11.1 Å². The Bertz CT molecular complexity index is 1320. The van der Waals surface area contributed by atoms with Crippen LogP contribution < -0.4 is 10.6 Å². The number of H-pyrrole nitrogens is 1. The zero-order chi connectivity index (χ0) is 29.4. The standard InChI is InChI=1S/C22H17B5ClF3N4O4/c23-20(21(24,25)26,22(27,38)39)35-17-6-13(14(28)8-33-17)11-5-15(32-7-11)18(37)34-16(9-36)10-1-3-12(4-2-10)19(29,30)31/h1-8,16,32,36,38-39H,9H2,(H,33,35)(H,34,37)/t16-,20?/m1/s1. The number of aromatic nitrogens is 2. The molecule has 39 heavy (non-hydrogen) atoms. The van der Waals surface area contributed by atoms with Gasteiger partial charge in [-0.05, 0) is 29.8 Å². The number of anilines is 1. The van der Waals surface area contributed by atoms with E-state index in [2.05, 4.69) is 20.6 Å². The van der Waals surface area contributed by atoms with Crippen molar-refractivity contribution < 1.29 is 33.3 Å². The van der Waals surface area contributed by atoms with E-state index < -0.39 is 46.5 Å². The number of hydrogen-bond acceptors (Lipinski definition) is 6. The van der Waals surface area contributed by atoms with Crippen molar-refractivity contribution >= 4 is 62.6 Å². The van der Waals surface area contributed by atoms with Gasteiger partial charge >= 0.3 is 6.18 Å². The van der Waals surface area contributed by atoms with Crippen molar-refractivity contribution in [1.82, 2.24) is 15.3 Å². The summed E-state index contributed by atoms with van der Waals surface area (Å²) in [5, 5.41) is 32.1. The zero-order valence-corrected chi connectivity index (χ0v) is 20.8. The molecule has 1 amide bonds. The van der Waals surface area contributed by atoms with Crippen LogP contribution in [0.25, 0.3) is 11.1 Å². The second-order valence-corrected chi connectivity index (χ2v) is 9.18. The van der Waals surface area contributed by atoms with E-state index in [1.54, 1.807) is 0 Å². The second kappa shape index (κ2) is 11.0. The summed E-state index contributed by atoms with van der Waals surface area (Å²) in [6.07, 6.45) is -1.94. The Kier molecular flexibility index (Phi) is 8.67. The third-order valence-corrected chi connectivity index (χ3v) is 6.11. The quantitative estimate of drug-likeness (QED) is 0.174. The monoisotopic (exact) mass is 548 g/mol. The van der Waals surface area contributed by atoms with Gasteiger partial charge in [0.15, 0.2) is 7.85 Å². The Labute approximate surface area is 233 Å². The highest BCUT2D eigenvalue weighted by atomic mass is 35.5. The third kappa shape index (κ3) is 6.68. The number of halogens is 4. The average Bonchev–Trinajstić information content (AvgIpc) is 3.32. The molecule has 2 aromatic heterocycles. The van der Waals surface area contributed by atoms with E-state index in [4.69, 9.17) is 50.8 Å². The smallest absolute Gasteiger partial charge is 0.394 e. The van der Waals surface area contributed by atoms with E-state index in [1.165, 1.54) is 24.5 Å². The molecular weight excluding hydrogens is 531 g/mol. The minimum absolute atomic E-state index is 0.0162. The van der Waals surface area contributed by atoms with Crippen LogP contribution in [0.5, 0.6) is 0 Å². The number of carbonyl (C=O) groups excluding carboxylic acids is 1. The van der Waals surface area contributed by atoms with Crippen LogP contribution in [0.15, 0.2) is 48.8 Å². The van der Waals surface area contributed by atoms with Crippen molar-refractivity contribution in [1.29, 1.82) is 0 Å². The molecule has 0 aliphatic rings. The van der Waals surface area contributed by atoms with E-state index in [0.29, 0.717) is 5.56 Å². The van der Waals surface area contributed by atoms with E-state index >= 15 is 0 Å². The number of rotatable bonds is 9. The van der Waals surface area contributed by atoms with Gasteiger partial charge in [0.25, 0.3) is 5.91 Å². The predicted molar refractivity (Wildman–Crippen MR) is 143 cm³/mol. The summed E-state index contributed by atoms with van der Waals surface area (Å²) >= 11 is 6.26. The van der Waals surface area contributed by atoms with Gasteiger partial charge in [0.2, 0.25) is 0 Å². The second-order valence-electron chi connectivity index (χ2n) is 8.77. The van der Waals surface area contributed by atoms with Gasteiger partial charge in [-0.25, -0.2) is 4.98 Å². The zero-order valence-electron chi connectivity index (χ0n) is 20.0. The minimum Gasteiger partial charge on any atom is -0.394 e. The fourth-order valence-electron chi connectivity index (χ4n) is 3.50. The van der Waals surface area contributed by atoms with Gasteiger partial charge < -0.3 is 30.9 Å². The molecule has 6 N–H and O–H groups in total. The van der Waals surface area contributed by atoms with Crippen LogP contribution in [0.1, 0.15) is 27.7 Å². The number of nitrogens with one attached hydrogen (secondary N) is 3. The molecule has 1 unspecified atom stereocenters. The molecule has 0 aliphatic heterocycles. The molecule has 192 valence electrons. The summed E-state index contributed by atoms with van der Waals surface area (Å²) in [5.41, 5.74) is -5.78. The molecule has 2 heterocycles. The Hall–Kier alpha value is -2.80. The minimum atomic E-state index is -4.53.